The Labute approximate surface area is 171 Å². The predicted octanol–water partition coefficient (Wildman–Crippen LogP) is 3.00. The molecule has 9 heteroatoms. The number of nitrogens with zero attached hydrogens (tertiary/aromatic N) is 3. The van der Waals surface area contributed by atoms with Crippen LogP contribution in [0.4, 0.5) is 10.5 Å². The fourth-order valence-electron chi connectivity index (χ4n) is 2.78. The second-order valence-electron chi connectivity index (χ2n) is 7.86. The second-order valence-corrected chi connectivity index (χ2v) is 7.86. The number of carbonyl (C=O) groups is 1. The van der Waals surface area contributed by atoms with Crippen LogP contribution in [0.2, 0.25) is 0 Å². The van der Waals surface area contributed by atoms with E-state index in [0.717, 1.165) is 24.2 Å². The molecular formula is C20H28N6O3. The second kappa shape index (κ2) is 9.28. The van der Waals surface area contributed by atoms with Crippen molar-refractivity contribution in [3.63, 3.8) is 0 Å². The number of amides is 1. The molecule has 0 aromatic heterocycles. The van der Waals surface area contributed by atoms with Crippen LogP contribution in [0.1, 0.15) is 39.2 Å². The van der Waals surface area contributed by atoms with Crippen LogP contribution in [0.25, 0.3) is 0 Å². The maximum atomic E-state index is 12.1. The highest BCUT2D eigenvalue weighted by atomic mass is 16.6. The lowest BCUT2D eigenvalue weighted by Gasteiger charge is -2.33. The van der Waals surface area contributed by atoms with Crippen molar-refractivity contribution in [1.82, 2.24) is 4.90 Å². The van der Waals surface area contributed by atoms with E-state index in [-0.39, 0.29) is 17.9 Å². The van der Waals surface area contributed by atoms with Gasteiger partial charge in [0.25, 0.3) is 0 Å². The van der Waals surface area contributed by atoms with Gasteiger partial charge in [0.15, 0.2) is 5.84 Å². The van der Waals surface area contributed by atoms with Gasteiger partial charge in [-0.1, -0.05) is 0 Å². The molecule has 1 amide bonds. The van der Waals surface area contributed by atoms with E-state index in [1.54, 1.807) is 17.0 Å². The molecule has 1 aromatic carbocycles. The van der Waals surface area contributed by atoms with Crippen LogP contribution in [-0.2, 0) is 4.74 Å². The van der Waals surface area contributed by atoms with Gasteiger partial charge in [-0.05, 0) is 51.5 Å². The topological polar surface area (TPSA) is 137 Å². The van der Waals surface area contributed by atoms with Crippen molar-refractivity contribution in [3.8, 4) is 11.8 Å². The normalized spacial score (nSPS) is 15.4. The summed E-state index contributed by atoms with van der Waals surface area (Å²) in [5.74, 6) is 0.358. The van der Waals surface area contributed by atoms with E-state index in [2.05, 4.69) is 10.5 Å². The lowest BCUT2D eigenvalue weighted by atomic mass is 10.1. The van der Waals surface area contributed by atoms with Crippen LogP contribution >= 0.6 is 0 Å². The number of nitriles is 1. The van der Waals surface area contributed by atoms with Crippen molar-refractivity contribution < 1.29 is 14.3 Å². The Hall–Kier alpha value is -3.28. The maximum absolute atomic E-state index is 12.1. The number of likely N-dealkylation sites (tertiary alicyclic amines) is 1. The fourth-order valence-corrected chi connectivity index (χ4v) is 2.78. The van der Waals surface area contributed by atoms with E-state index in [1.165, 1.54) is 0 Å². The third-order valence-electron chi connectivity index (χ3n) is 4.22. The average molecular weight is 400 g/mol. The highest BCUT2D eigenvalue weighted by Crippen LogP contribution is 2.26. The van der Waals surface area contributed by atoms with Gasteiger partial charge in [-0.2, -0.15) is 10.4 Å². The summed E-state index contributed by atoms with van der Waals surface area (Å²) in [6, 6.07) is 7.19. The summed E-state index contributed by atoms with van der Waals surface area (Å²) >= 11 is 0. The molecule has 156 valence electrons. The van der Waals surface area contributed by atoms with Crippen molar-refractivity contribution >= 4 is 23.3 Å². The Morgan fingerprint density at radius 3 is 2.55 bits per heavy atom. The zero-order valence-electron chi connectivity index (χ0n) is 17.3. The third-order valence-corrected chi connectivity index (χ3v) is 4.22. The van der Waals surface area contributed by atoms with Gasteiger partial charge in [0.2, 0.25) is 5.71 Å². The Morgan fingerprint density at radius 2 is 2.03 bits per heavy atom. The SMILES string of the molecule is Cc1cc(N/N=C(\C#N)C(=N)N)ccc1OC1CCN(C(=O)OC(C)(C)C)CC1. The molecule has 1 aliphatic rings. The molecule has 0 unspecified atom stereocenters. The number of benzene rings is 1. The lowest BCUT2D eigenvalue weighted by Crippen LogP contribution is -2.44. The number of nitrogens with two attached hydrogens (primary N) is 1. The molecule has 4 N–H and O–H groups in total. The number of carbonyl (C=O) groups excluding carboxylic acids is 1. The fraction of sp³-hybridized carbons (Fsp3) is 0.500. The number of amidine groups is 1. The molecule has 1 heterocycles. The Bertz CT molecular complexity index is 830. The zero-order valence-corrected chi connectivity index (χ0v) is 17.3. The van der Waals surface area contributed by atoms with Gasteiger partial charge in [-0.25, -0.2) is 4.79 Å². The molecule has 0 saturated carbocycles. The molecular weight excluding hydrogens is 372 g/mol. The van der Waals surface area contributed by atoms with Crippen molar-refractivity contribution in [1.29, 1.82) is 10.7 Å². The van der Waals surface area contributed by atoms with Crippen molar-refractivity contribution in [3.05, 3.63) is 23.8 Å². The van der Waals surface area contributed by atoms with Crippen molar-refractivity contribution in [2.24, 2.45) is 10.8 Å². The van der Waals surface area contributed by atoms with Gasteiger partial charge in [-0.3, -0.25) is 10.8 Å². The number of hydrazone groups is 1. The zero-order chi connectivity index (χ0) is 21.6. The quantitative estimate of drug-likeness (QED) is 0.395. The molecule has 0 radical (unpaired) electrons. The molecule has 1 aliphatic heterocycles. The number of hydrogen-bond donors (Lipinski definition) is 3. The number of hydrogen-bond acceptors (Lipinski definition) is 7. The first-order chi connectivity index (χ1) is 13.6. The highest BCUT2D eigenvalue weighted by molar-refractivity contribution is 6.45. The summed E-state index contributed by atoms with van der Waals surface area (Å²) in [6.07, 6.45) is 1.19. The molecule has 9 nitrogen and oxygen atoms in total. The van der Waals surface area contributed by atoms with E-state index < -0.39 is 11.4 Å². The van der Waals surface area contributed by atoms with E-state index in [0.29, 0.717) is 18.8 Å². The van der Waals surface area contributed by atoms with E-state index >= 15 is 0 Å². The van der Waals surface area contributed by atoms with Crippen LogP contribution in [0.5, 0.6) is 5.75 Å². The van der Waals surface area contributed by atoms with Gasteiger partial charge >= 0.3 is 6.09 Å². The molecule has 1 saturated heterocycles. The molecule has 29 heavy (non-hydrogen) atoms. The van der Waals surface area contributed by atoms with Gasteiger partial charge in [0, 0.05) is 25.9 Å². The Morgan fingerprint density at radius 1 is 1.38 bits per heavy atom. The van der Waals surface area contributed by atoms with Crippen molar-refractivity contribution in [2.75, 3.05) is 18.5 Å². The predicted molar refractivity (Wildman–Crippen MR) is 111 cm³/mol. The molecule has 0 spiro atoms. The number of anilines is 1. The van der Waals surface area contributed by atoms with E-state index in [4.69, 9.17) is 25.9 Å². The first-order valence-electron chi connectivity index (χ1n) is 9.42. The first-order valence-corrected chi connectivity index (χ1v) is 9.42. The Kier molecular flexibility index (Phi) is 7.04. The average Bonchev–Trinajstić information content (AvgIpc) is 2.63. The standard InChI is InChI=1S/C20H28N6O3/c1-13-11-14(24-25-16(12-21)18(22)23)5-6-17(13)28-15-7-9-26(10-8-15)19(27)29-20(2,3)4/h5-6,11,15,24H,7-10H2,1-4H3,(H3,22,23)/b25-16+. The van der Waals surface area contributed by atoms with Crippen LogP contribution in [-0.4, -0.2) is 47.3 Å². The van der Waals surface area contributed by atoms with Crippen LogP contribution in [0, 0.1) is 23.7 Å². The molecule has 0 aliphatic carbocycles. The third kappa shape index (κ3) is 6.68. The summed E-state index contributed by atoms with van der Waals surface area (Å²) in [6.45, 7) is 8.66. The number of nitrogens with one attached hydrogen (secondary N) is 2. The molecule has 0 atom stereocenters. The number of piperidine rings is 1. The summed E-state index contributed by atoms with van der Waals surface area (Å²) in [4.78, 5) is 13.9. The first kappa shape index (κ1) is 22.0. The largest absolute Gasteiger partial charge is 0.490 e. The molecule has 1 aromatic rings. The van der Waals surface area contributed by atoms with Crippen LogP contribution in [0.3, 0.4) is 0 Å². The molecule has 2 rings (SSSR count). The van der Waals surface area contributed by atoms with Crippen LogP contribution in [0.15, 0.2) is 23.3 Å². The minimum absolute atomic E-state index is 0.0205. The van der Waals surface area contributed by atoms with E-state index in [9.17, 15) is 4.79 Å². The summed E-state index contributed by atoms with van der Waals surface area (Å²) < 4.78 is 11.5. The summed E-state index contributed by atoms with van der Waals surface area (Å²) in [5, 5.41) is 19.9. The Balaban J connectivity index is 1.91. The highest BCUT2D eigenvalue weighted by Gasteiger charge is 2.27. The minimum atomic E-state index is -0.500. The lowest BCUT2D eigenvalue weighted by molar-refractivity contribution is 0.0126. The van der Waals surface area contributed by atoms with Crippen molar-refractivity contribution in [2.45, 2.75) is 52.2 Å². The van der Waals surface area contributed by atoms with Gasteiger partial charge in [-0.15, -0.1) is 0 Å². The van der Waals surface area contributed by atoms with E-state index in [1.807, 2.05) is 39.8 Å². The smallest absolute Gasteiger partial charge is 0.410 e. The number of aryl methyl sites for hydroxylation is 1. The summed E-state index contributed by atoms with van der Waals surface area (Å²) in [7, 11) is 0. The molecule has 0 bridgehead atoms. The van der Waals surface area contributed by atoms with Gasteiger partial charge < -0.3 is 20.1 Å². The minimum Gasteiger partial charge on any atom is -0.490 e. The molecule has 1 fully saturated rings. The number of rotatable bonds is 5. The van der Waals surface area contributed by atoms with Gasteiger partial charge in [0.1, 0.15) is 23.5 Å². The summed E-state index contributed by atoms with van der Waals surface area (Å²) in [5.41, 5.74) is 8.86. The monoisotopic (exact) mass is 400 g/mol. The maximum Gasteiger partial charge on any atom is 0.410 e. The van der Waals surface area contributed by atoms with Crippen LogP contribution < -0.4 is 15.9 Å². The van der Waals surface area contributed by atoms with Gasteiger partial charge in [0.05, 0.1) is 5.69 Å². The number of ether oxygens (including phenoxy) is 2.